The van der Waals surface area contributed by atoms with E-state index in [0.717, 1.165) is 29.8 Å². The third kappa shape index (κ3) is 6.10. The Morgan fingerprint density at radius 1 is 1.10 bits per heavy atom. The molecule has 0 fully saturated rings. The number of alkyl halides is 3. The van der Waals surface area contributed by atoms with Gasteiger partial charge in [0.1, 0.15) is 0 Å². The van der Waals surface area contributed by atoms with Gasteiger partial charge in [-0.2, -0.15) is 13.2 Å². The van der Waals surface area contributed by atoms with Gasteiger partial charge in [0.05, 0.1) is 5.56 Å². The number of amides is 2. The predicted molar refractivity (Wildman–Crippen MR) is 113 cm³/mol. The number of hydrogen-bond acceptors (Lipinski definition) is 3. The first kappa shape index (κ1) is 22.4. The Morgan fingerprint density at radius 3 is 2.48 bits per heavy atom. The molecule has 0 spiro atoms. The smallest absolute Gasteiger partial charge is 0.353 e. The summed E-state index contributed by atoms with van der Waals surface area (Å²) in [5.41, 5.74) is 2.03. The lowest BCUT2D eigenvalue weighted by atomic mass is 9.91. The maximum atomic E-state index is 12.9. The summed E-state index contributed by atoms with van der Waals surface area (Å²) in [6, 6.07) is 12.9. The van der Waals surface area contributed by atoms with Gasteiger partial charge in [-0.05, 0) is 48.2 Å². The molecule has 8 heteroatoms. The van der Waals surface area contributed by atoms with Gasteiger partial charge in [-0.1, -0.05) is 24.3 Å². The second-order valence-corrected chi connectivity index (χ2v) is 7.44. The molecule has 2 aromatic carbocycles. The van der Waals surface area contributed by atoms with Gasteiger partial charge >= 0.3 is 6.18 Å². The van der Waals surface area contributed by atoms with Crippen molar-refractivity contribution in [1.29, 1.82) is 0 Å². The van der Waals surface area contributed by atoms with Gasteiger partial charge in [0, 0.05) is 44.0 Å². The second kappa shape index (κ2) is 9.68. The Kier molecular flexibility index (Phi) is 6.99. The predicted octanol–water partition coefficient (Wildman–Crippen LogP) is 3.82. The topological polar surface area (TPSA) is 61.4 Å². The normalized spacial score (nSPS) is 16.1. The van der Waals surface area contributed by atoms with Crippen LogP contribution in [0.4, 0.5) is 24.5 Å². The minimum absolute atomic E-state index is 0.0879. The Hall–Kier alpha value is -3.29. The summed E-state index contributed by atoms with van der Waals surface area (Å²) in [5.74, 6) is -0.343. The van der Waals surface area contributed by atoms with Gasteiger partial charge in [-0.3, -0.25) is 9.59 Å². The lowest BCUT2D eigenvalue weighted by Gasteiger charge is -2.36. The summed E-state index contributed by atoms with van der Waals surface area (Å²) in [7, 11) is 0. The maximum absolute atomic E-state index is 12.9. The summed E-state index contributed by atoms with van der Waals surface area (Å²) in [4.78, 5) is 24.8. The lowest BCUT2D eigenvalue weighted by Crippen LogP contribution is -2.39. The molecule has 1 aliphatic rings. The van der Waals surface area contributed by atoms with Crippen molar-refractivity contribution in [2.45, 2.75) is 19.5 Å². The average Bonchev–Trinajstić information content (AvgIpc) is 2.74. The SMILES string of the molecule is CC(=O)NC/C=C/C(=O)NCC1Cc2ccccc2N(c2ccc(C(F)(F)F)cc2)C1. The number of anilines is 2. The largest absolute Gasteiger partial charge is 0.416 e. The quantitative estimate of drug-likeness (QED) is 0.684. The van der Waals surface area contributed by atoms with E-state index in [1.807, 2.05) is 29.2 Å². The molecular formula is C23H24F3N3O2. The summed E-state index contributed by atoms with van der Waals surface area (Å²) >= 11 is 0. The number of benzene rings is 2. The number of hydrogen-bond donors (Lipinski definition) is 2. The number of para-hydroxylation sites is 1. The van der Waals surface area contributed by atoms with Gasteiger partial charge < -0.3 is 15.5 Å². The van der Waals surface area contributed by atoms with E-state index in [2.05, 4.69) is 10.6 Å². The van der Waals surface area contributed by atoms with E-state index in [9.17, 15) is 22.8 Å². The fourth-order valence-electron chi connectivity index (χ4n) is 3.56. The molecule has 5 nitrogen and oxygen atoms in total. The average molecular weight is 431 g/mol. The standard InChI is InChI=1S/C23H24F3N3O2/c1-16(30)27-12-4-7-22(31)28-14-17-13-18-5-2-3-6-21(18)29(15-17)20-10-8-19(9-11-20)23(24,25)26/h2-11,17H,12-15H2,1H3,(H,27,30)(H,28,31)/b7-4+. The first-order chi connectivity index (χ1) is 14.7. The molecule has 164 valence electrons. The van der Waals surface area contributed by atoms with Crippen molar-refractivity contribution in [2.75, 3.05) is 24.5 Å². The van der Waals surface area contributed by atoms with Crippen molar-refractivity contribution in [2.24, 2.45) is 5.92 Å². The van der Waals surface area contributed by atoms with Crippen molar-refractivity contribution in [3.8, 4) is 0 Å². The molecule has 0 radical (unpaired) electrons. The molecule has 3 rings (SSSR count). The van der Waals surface area contributed by atoms with Crippen LogP contribution in [0.15, 0.2) is 60.7 Å². The first-order valence-corrected chi connectivity index (χ1v) is 9.95. The minimum atomic E-state index is -4.38. The fourth-order valence-corrected chi connectivity index (χ4v) is 3.56. The van der Waals surface area contributed by atoms with Crippen LogP contribution in [-0.2, 0) is 22.2 Å². The maximum Gasteiger partial charge on any atom is 0.416 e. The van der Waals surface area contributed by atoms with Gasteiger partial charge in [0.15, 0.2) is 0 Å². The second-order valence-electron chi connectivity index (χ2n) is 7.44. The van der Waals surface area contributed by atoms with E-state index in [-0.39, 0.29) is 24.3 Å². The highest BCUT2D eigenvalue weighted by Gasteiger charge is 2.31. The molecule has 1 aliphatic heterocycles. The molecule has 1 heterocycles. The zero-order chi connectivity index (χ0) is 22.4. The van der Waals surface area contributed by atoms with E-state index in [1.54, 1.807) is 6.08 Å². The van der Waals surface area contributed by atoms with E-state index in [4.69, 9.17) is 0 Å². The molecule has 0 aliphatic carbocycles. The molecule has 0 saturated heterocycles. The molecule has 0 saturated carbocycles. The summed E-state index contributed by atoms with van der Waals surface area (Å²) in [5, 5.41) is 5.43. The third-order valence-corrected chi connectivity index (χ3v) is 5.04. The Bertz CT molecular complexity index is 955. The number of nitrogens with one attached hydrogen (secondary N) is 2. The molecule has 2 aromatic rings. The highest BCUT2D eigenvalue weighted by Crippen LogP contribution is 2.37. The number of halogens is 3. The van der Waals surface area contributed by atoms with Crippen LogP contribution in [0.25, 0.3) is 0 Å². The number of carbonyl (C=O) groups excluding carboxylic acids is 2. The van der Waals surface area contributed by atoms with Crippen molar-refractivity contribution in [1.82, 2.24) is 10.6 Å². The van der Waals surface area contributed by atoms with Gasteiger partial charge in [-0.25, -0.2) is 0 Å². The first-order valence-electron chi connectivity index (χ1n) is 9.95. The third-order valence-electron chi connectivity index (χ3n) is 5.04. The monoisotopic (exact) mass is 431 g/mol. The molecule has 2 amide bonds. The van der Waals surface area contributed by atoms with Crippen LogP contribution in [0.2, 0.25) is 0 Å². The van der Waals surface area contributed by atoms with Crippen molar-refractivity contribution < 1.29 is 22.8 Å². The molecule has 0 aromatic heterocycles. The van der Waals surface area contributed by atoms with Crippen molar-refractivity contribution in [3.05, 3.63) is 71.8 Å². The van der Waals surface area contributed by atoms with Gasteiger partial charge in [0.2, 0.25) is 11.8 Å². The highest BCUT2D eigenvalue weighted by molar-refractivity contribution is 5.87. The highest BCUT2D eigenvalue weighted by atomic mass is 19.4. The molecular weight excluding hydrogens is 407 g/mol. The van der Waals surface area contributed by atoms with Crippen molar-refractivity contribution >= 4 is 23.2 Å². The van der Waals surface area contributed by atoms with E-state index in [0.29, 0.717) is 18.8 Å². The van der Waals surface area contributed by atoms with Crippen LogP contribution < -0.4 is 15.5 Å². The Labute approximate surface area is 178 Å². The molecule has 1 unspecified atom stereocenters. The molecule has 1 atom stereocenters. The lowest BCUT2D eigenvalue weighted by molar-refractivity contribution is -0.137. The summed E-state index contributed by atoms with van der Waals surface area (Å²) in [6.07, 6.45) is -0.677. The van der Waals surface area contributed by atoms with Crippen LogP contribution in [0.5, 0.6) is 0 Å². The molecule has 2 N–H and O–H groups in total. The zero-order valence-corrected chi connectivity index (χ0v) is 17.1. The van der Waals surface area contributed by atoms with E-state index < -0.39 is 11.7 Å². The Morgan fingerprint density at radius 2 is 1.81 bits per heavy atom. The number of rotatable bonds is 6. The zero-order valence-electron chi connectivity index (χ0n) is 17.1. The molecule has 0 bridgehead atoms. The van der Waals surface area contributed by atoms with Gasteiger partial charge in [-0.15, -0.1) is 0 Å². The minimum Gasteiger partial charge on any atom is -0.353 e. The number of carbonyl (C=O) groups is 2. The van der Waals surface area contributed by atoms with Crippen LogP contribution in [0.1, 0.15) is 18.1 Å². The van der Waals surface area contributed by atoms with Crippen LogP contribution in [-0.4, -0.2) is 31.4 Å². The van der Waals surface area contributed by atoms with Gasteiger partial charge in [0.25, 0.3) is 0 Å². The van der Waals surface area contributed by atoms with Crippen LogP contribution in [0.3, 0.4) is 0 Å². The number of nitrogens with zero attached hydrogens (tertiary/aromatic N) is 1. The fraction of sp³-hybridized carbons (Fsp3) is 0.304. The summed E-state index contributed by atoms with van der Waals surface area (Å²) in [6.45, 7) is 2.67. The van der Waals surface area contributed by atoms with Crippen LogP contribution >= 0.6 is 0 Å². The van der Waals surface area contributed by atoms with E-state index in [1.165, 1.54) is 25.1 Å². The van der Waals surface area contributed by atoms with Crippen LogP contribution in [0, 0.1) is 5.92 Å². The Balaban J connectivity index is 1.69. The summed E-state index contributed by atoms with van der Waals surface area (Å²) < 4.78 is 38.7. The number of fused-ring (bicyclic) bond motifs is 1. The molecule has 31 heavy (non-hydrogen) atoms. The van der Waals surface area contributed by atoms with Crippen molar-refractivity contribution in [3.63, 3.8) is 0 Å². The van der Waals surface area contributed by atoms with E-state index >= 15 is 0 Å².